The molecule has 0 aliphatic carbocycles. The molecule has 2 aromatic carbocycles. The molecule has 0 fully saturated rings. The van der Waals surface area contributed by atoms with Gasteiger partial charge in [-0.1, -0.05) is 56.1 Å². The fourth-order valence-corrected chi connectivity index (χ4v) is 5.44. The fraction of sp³-hybridized carbons (Fsp3) is 0.481. The first-order valence-corrected chi connectivity index (χ1v) is 15.3. The molecule has 2 amide bonds. The lowest BCUT2D eigenvalue weighted by atomic mass is 10.1. The Bertz CT molecular complexity index is 1290. The van der Waals surface area contributed by atoms with Crippen LogP contribution in [-0.4, -0.2) is 50.5 Å². The molecule has 0 spiro atoms. The van der Waals surface area contributed by atoms with E-state index in [2.05, 4.69) is 5.32 Å². The number of anilines is 1. The molecule has 0 heterocycles. The Labute approximate surface area is 243 Å². The number of carbonyl (C=O) groups is 2. The van der Waals surface area contributed by atoms with E-state index in [9.17, 15) is 31.2 Å². The van der Waals surface area contributed by atoms with Crippen molar-refractivity contribution in [3.63, 3.8) is 0 Å². The Morgan fingerprint density at radius 3 is 2.30 bits per heavy atom. The summed E-state index contributed by atoms with van der Waals surface area (Å²) in [6.07, 6.45) is -3.62. The first-order valence-electron chi connectivity index (χ1n) is 12.7. The average molecular weight is 625 g/mol. The molecule has 0 bridgehead atoms. The summed E-state index contributed by atoms with van der Waals surface area (Å²) in [5.74, 6) is -0.583. The average Bonchev–Trinajstić information content (AvgIpc) is 2.85. The van der Waals surface area contributed by atoms with Crippen molar-refractivity contribution < 1.29 is 31.2 Å². The van der Waals surface area contributed by atoms with Crippen LogP contribution in [0.3, 0.4) is 0 Å². The fourth-order valence-electron chi connectivity index (χ4n) is 4.02. The first kappa shape index (κ1) is 33.7. The van der Waals surface area contributed by atoms with E-state index in [1.54, 1.807) is 19.1 Å². The molecule has 0 aromatic heterocycles. The normalized spacial score (nSPS) is 12.8. The van der Waals surface area contributed by atoms with Crippen LogP contribution in [0.2, 0.25) is 10.0 Å². The molecule has 222 valence electrons. The van der Waals surface area contributed by atoms with E-state index in [1.165, 1.54) is 17.0 Å². The van der Waals surface area contributed by atoms with Gasteiger partial charge in [0, 0.05) is 36.1 Å². The molecule has 0 radical (unpaired) electrons. The van der Waals surface area contributed by atoms with Gasteiger partial charge < -0.3 is 10.2 Å². The van der Waals surface area contributed by atoms with Gasteiger partial charge in [0.05, 0.1) is 17.5 Å². The molecule has 13 heteroatoms. The van der Waals surface area contributed by atoms with Crippen LogP contribution in [0.4, 0.5) is 18.9 Å². The van der Waals surface area contributed by atoms with Gasteiger partial charge in [-0.15, -0.1) is 0 Å². The molecular weight excluding hydrogens is 590 g/mol. The zero-order valence-corrected chi connectivity index (χ0v) is 25.1. The first-order chi connectivity index (χ1) is 18.5. The summed E-state index contributed by atoms with van der Waals surface area (Å²) in [5, 5.41) is 3.57. The lowest BCUT2D eigenvalue weighted by molar-refractivity contribution is -0.141. The van der Waals surface area contributed by atoms with E-state index in [-0.39, 0.29) is 43.4 Å². The minimum Gasteiger partial charge on any atom is -0.354 e. The van der Waals surface area contributed by atoms with Gasteiger partial charge in [0.1, 0.15) is 6.04 Å². The SMILES string of the molecule is CC[C@@H](C(=O)NCC(C)C)N(Cc1ccc(Cl)cc1Cl)C(=O)CCCN(c1cccc(C(F)(F)F)c1)S(C)(=O)=O. The van der Waals surface area contributed by atoms with Crippen molar-refractivity contribution in [3.8, 4) is 0 Å². The number of hydrogen-bond acceptors (Lipinski definition) is 4. The Morgan fingerprint density at radius 2 is 1.75 bits per heavy atom. The smallest absolute Gasteiger partial charge is 0.354 e. The topological polar surface area (TPSA) is 86.8 Å². The Balaban J connectivity index is 2.29. The van der Waals surface area contributed by atoms with Crippen LogP contribution in [-0.2, 0) is 32.3 Å². The van der Waals surface area contributed by atoms with Gasteiger partial charge in [-0.25, -0.2) is 8.42 Å². The maximum absolute atomic E-state index is 13.5. The van der Waals surface area contributed by atoms with Crippen LogP contribution in [0.15, 0.2) is 42.5 Å². The third-order valence-electron chi connectivity index (χ3n) is 6.04. The summed E-state index contributed by atoms with van der Waals surface area (Å²) in [6.45, 7) is 5.83. The van der Waals surface area contributed by atoms with Crippen molar-refractivity contribution in [1.29, 1.82) is 0 Å². The molecular formula is C27H34Cl2F3N3O4S. The Morgan fingerprint density at radius 1 is 1.07 bits per heavy atom. The predicted molar refractivity (Wildman–Crippen MR) is 152 cm³/mol. The molecule has 0 unspecified atom stereocenters. The highest BCUT2D eigenvalue weighted by Crippen LogP contribution is 2.32. The second kappa shape index (κ2) is 14.4. The van der Waals surface area contributed by atoms with Crippen LogP contribution >= 0.6 is 23.2 Å². The number of hydrogen-bond donors (Lipinski definition) is 1. The monoisotopic (exact) mass is 623 g/mol. The van der Waals surface area contributed by atoms with Crippen LogP contribution in [0.25, 0.3) is 0 Å². The van der Waals surface area contributed by atoms with Gasteiger partial charge in [-0.3, -0.25) is 13.9 Å². The molecule has 1 atom stereocenters. The van der Waals surface area contributed by atoms with Crippen LogP contribution in [0.5, 0.6) is 0 Å². The van der Waals surface area contributed by atoms with Crippen LogP contribution in [0.1, 0.15) is 51.2 Å². The molecule has 1 N–H and O–H groups in total. The number of carbonyl (C=O) groups excluding carboxylic acids is 2. The molecule has 40 heavy (non-hydrogen) atoms. The number of benzene rings is 2. The maximum atomic E-state index is 13.5. The van der Waals surface area contributed by atoms with Crippen molar-refractivity contribution in [1.82, 2.24) is 10.2 Å². The number of rotatable bonds is 13. The van der Waals surface area contributed by atoms with Crippen LogP contribution < -0.4 is 9.62 Å². The van der Waals surface area contributed by atoms with Crippen molar-refractivity contribution in [2.24, 2.45) is 5.92 Å². The number of amides is 2. The Hall–Kier alpha value is -2.50. The molecule has 0 aliphatic heterocycles. The van der Waals surface area contributed by atoms with E-state index in [0.29, 0.717) is 28.6 Å². The maximum Gasteiger partial charge on any atom is 0.416 e. The Kier molecular flexibility index (Phi) is 12.1. The van der Waals surface area contributed by atoms with Crippen molar-refractivity contribution in [2.45, 2.75) is 58.8 Å². The van der Waals surface area contributed by atoms with Gasteiger partial charge in [0.25, 0.3) is 0 Å². The third kappa shape index (κ3) is 9.85. The number of nitrogens with one attached hydrogen (secondary N) is 1. The van der Waals surface area contributed by atoms with E-state index in [1.807, 2.05) is 13.8 Å². The van der Waals surface area contributed by atoms with Gasteiger partial charge in [0.15, 0.2) is 0 Å². The molecule has 0 aliphatic rings. The minimum atomic E-state index is -4.65. The van der Waals surface area contributed by atoms with E-state index >= 15 is 0 Å². The van der Waals surface area contributed by atoms with Gasteiger partial charge >= 0.3 is 6.18 Å². The van der Waals surface area contributed by atoms with Gasteiger partial charge in [-0.2, -0.15) is 13.2 Å². The lowest BCUT2D eigenvalue weighted by Crippen LogP contribution is -2.49. The van der Waals surface area contributed by atoms with Gasteiger partial charge in [-0.05, 0) is 54.7 Å². The lowest BCUT2D eigenvalue weighted by Gasteiger charge is -2.31. The quantitative estimate of drug-likeness (QED) is 0.290. The third-order valence-corrected chi connectivity index (χ3v) is 7.82. The molecule has 2 rings (SSSR count). The summed E-state index contributed by atoms with van der Waals surface area (Å²) < 4.78 is 65.4. The van der Waals surface area contributed by atoms with Crippen molar-refractivity contribution >= 4 is 50.7 Å². The highest BCUT2D eigenvalue weighted by atomic mass is 35.5. The second-order valence-corrected chi connectivity index (χ2v) is 12.6. The standard InChI is InChI=1S/C27H34Cl2F3N3O4S/c1-5-24(26(37)33-16-18(2)3)34(17-19-11-12-21(28)15-23(19)29)25(36)10-7-13-35(40(4,38)39)22-9-6-8-20(14-22)27(30,31)32/h6,8-9,11-12,14-15,18,24H,5,7,10,13,16-17H2,1-4H3,(H,33,37)/t24-/m0/s1. The number of halogens is 5. The van der Waals surface area contributed by atoms with Crippen LogP contribution in [0, 0.1) is 5.92 Å². The molecule has 7 nitrogen and oxygen atoms in total. The zero-order valence-electron chi connectivity index (χ0n) is 22.8. The van der Waals surface area contributed by atoms with E-state index < -0.39 is 33.7 Å². The summed E-state index contributed by atoms with van der Waals surface area (Å²) in [7, 11) is -3.96. The van der Waals surface area contributed by atoms with Crippen molar-refractivity contribution in [3.05, 3.63) is 63.6 Å². The van der Waals surface area contributed by atoms with E-state index in [0.717, 1.165) is 28.8 Å². The minimum absolute atomic E-state index is 0.00293. The van der Waals surface area contributed by atoms with E-state index in [4.69, 9.17) is 23.2 Å². The summed E-state index contributed by atoms with van der Waals surface area (Å²) in [4.78, 5) is 27.9. The molecule has 2 aromatic rings. The predicted octanol–water partition coefficient (Wildman–Crippen LogP) is 6.14. The second-order valence-electron chi connectivity index (χ2n) is 9.81. The number of alkyl halides is 3. The van der Waals surface area contributed by atoms with Gasteiger partial charge in [0.2, 0.25) is 21.8 Å². The zero-order chi connectivity index (χ0) is 30.3. The summed E-state index contributed by atoms with van der Waals surface area (Å²) in [5.41, 5.74) is -0.579. The number of sulfonamides is 1. The number of nitrogens with zero attached hydrogens (tertiary/aromatic N) is 2. The molecule has 0 saturated carbocycles. The molecule has 0 saturated heterocycles. The summed E-state index contributed by atoms with van der Waals surface area (Å²) in [6, 6.07) is 7.96. The summed E-state index contributed by atoms with van der Waals surface area (Å²) >= 11 is 12.3. The highest BCUT2D eigenvalue weighted by molar-refractivity contribution is 7.92. The largest absolute Gasteiger partial charge is 0.416 e. The van der Waals surface area contributed by atoms with Crippen molar-refractivity contribution in [2.75, 3.05) is 23.7 Å². The highest BCUT2D eigenvalue weighted by Gasteiger charge is 2.32.